The minimum Gasteiger partial charge on any atom is -0.467 e. The number of nitrogens with one attached hydrogen (secondary N) is 1. The number of benzene rings is 1. The average Bonchev–Trinajstić information content (AvgIpc) is 3.11. The second kappa shape index (κ2) is 6.22. The lowest BCUT2D eigenvalue weighted by Crippen LogP contribution is -2.17. The highest BCUT2D eigenvalue weighted by molar-refractivity contribution is 6.30. The van der Waals surface area contributed by atoms with Crippen LogP contribution in [-0.4, -0.2) is 22.9 Å². The van der Waals surface area contributed by atoms with E-state index in [0.29, 0.717) is 6.54 Å². The second-order valence-corrected chi connectivity index (χ2v) is 6.20. The minimum absolute atomic E-state index is 0.670. The first-order valence-electron chi connectivity index (χ1n) is 7.89. The Balaban J connectivity index is 1.79. The standard InChI is InChI=1S/C18H18ClN3O/c19-14-5-3-13(4-6-14)18-16-7-9-20-10-8-17(16)22(21-18)12-15-2-1-11-23-15/h1-6,11,20H,7-10,12H2. The smallest absolute Gasteiger partial charge is 0.125 e. The molecule has 3 aromatic rings. The van der Waals surface area contributed by atoms with Crippen molar-refractivity contribution in [2.24, 2.45) is 0 Å². The van der Waals surface area contributed by atoms with Gasteiger partial charge in [-0.15, -0.1) is 0 Å². The largest absolute Gasteiger partial charge is 0.467 e. The Hall–Kier alpha value is -2.04. The molecular formula is C18H18ClN3O. The van der Waals surface area contributed by atoms with Crippen LogP contribution in [0.1, 0.15) is 17.0 Å². The van der Waals surface area contributed by atoms with Crippen molar-refractivity contribution in [1.82, 2.24) is 15.1 Å². The maximum absolute atomic E-state index is 6.02. The van der Waals surface area contributed by atoms with E-state index in [-0.39, 0.29) is 0 Å². The Bertz CT molecular complexity index is 791. The number of hydrogen-bond donors (Lipinski definition) is 1. The van der Waals surface area contributed by atoms with Gasteiger partial charge in [0, 0.05) is 34.8 Å². The monoisotopic (exact) mass is 327 g/mol. The Morgan fingerprint density at radius 3 is 2.74 bits per heavy atom. The van der Waals surface area contributed by atoms with Crippen LogP contribution in [0.25, 0.3) is 11.3 Å². The molecule has 4 nitrogen and oxygen atoms in total. The number of fused-ring (bicyclic) bond motifs is 1. The molecule has 23 heavy (non-hydrogen) atoms. The number of rotatable bonds is 3. The van der Waals surface area contributed by atoms with Crippen molar-refractivity contribution in [2.75, 3.05) is 13.1 Å². The van der Waals surface area contributed by atoms with Gasteiger partial charge in [-0.1, -0.05) is 23.7 Å². The summed E-state index contributed by atoms with van der Waals surface area (Å²) in [7, 11) is 0. The van der Waals surface area contributed by atoms with Gasteiger partial charge in [0.1, 0.15) is 5.76 Å². The van der Waals surface area contributed by atoms with Gasteiger partial charge in [0.05, 0.1) is 18.5 Å². The third kappa shape index (κ3) is 2.92. The first kappa shape index (κ1) is 14.5. The summed E-state index contributed by atoms with van der Waals surface area (Å²) in [5.74, 6) is 0.926. The molecule has 0 bridgehead atoms. The molecule has 0 atom stereocenters. The molecule has 1 N–H and O–H groups in total. The van der Waals surface area contributed by atoms with Crippen LogP contribution in [0.2, 0.25) is 5.02 Å². The van der Waals surface area contributed by atoms with E-state index in [4.69, 9.17) is 21.1 Å². The van der Waals surface area contributed by atoms with Crippen LogP contribution < -0.4 is 5.32 Å². The van der Waals surface area contributed by atoms with Crippen molar-refractivity contribution in [3.63, 3.8) is 0 Å². The zero-order valence-corrected chi connectivity index (χ0v) is 13.5. The SMILES string of the molecule is Clc1ccc(-c2nn(Cc3ccco3)c3c2CCNCC3)cc1. The lowest BCUT2D eigenvalue weighted by atomic mass is 10.0. The van der Waals surface area contributed by atoms with Crippen molar-refractivity contribution in [3.05, 3.63) is 64.7 Å². The molecule has 1 aliphatic rings. The maximum atomic E-state index is 6.02. The van der Waals surface area contributed by atoms with Crippen LogP contribution in [0.3, 0.4) is 0 Å². The zero-order chi connectivity index (χ0) is 15.6. The normalized spacial score (nSPS) is 14.5. The van der Waals surface area contributed by atoms with Gasteiger partial charge in [-0.05, 0) is 37.2 Å². The highest BCUT2D eigenvalue weighted by Crippen LogP contribution is 2.29. The molecule has 0 saturated heterocycles. The Labute approximate surface area is 140 Å². The van der Waals surface area contributed by atoms with Gasteiger partial charge < -0.3 is 9.73 Å². The molecule has 1 aromatic carbocycles. The van der Waals surface area contributed by atoms with Crippen LogP contribution in [0.4, 0.5) is 0 Å². The Kier molecular flexibility index (Phi) is 3.93. The summed E-state index contributed by atoms with van der Waals surface area (Å²) >= 11 is 6.02. The van der Waals surface area contributed by atoms with Gasteiger partial charge in [0.15, 0.2) is 0 Å². The molecule has 0 spiro atoms. The summed E-state index contributed by atoms with van der Waals surface area (Å²) in [6.07, 6.45) is 3.68. The van der Waals surface area contributed by atoms with Gasteiger partial charge in [-0.3, -0.25) is 4.68 Å². The van der Waals surface area contributed by atoms with E-state index in [9.17, 15) is 0 Å². The molecule has 0 amide bonds. The molecule has 1 aliphatic heterocycles. The van der Waals surface area contributed by atoms with Gasteiger partial charge in [-0.2, -0.15) is 5.10 Å². The summed E-state index contributed by atoms with van der Waals surface area (Å²) in [4.78, 5) is 0. The summed E-state index contributed by atoms with van der Waals surface area (Å²) in [5.41, 5.74) is 4.82. The van der Waals surface area contributed by atoms with Crippen LogP contribution in [0.5, 0.6) is 0 Å². The number of nitrogens with zero attached hydrogens (tertiary/aromatic N) is 2. The molecule has 0 saturated carbocycles. The van der Waals surface area contributed by atoms with Crippen molar-refractivity contribution in [2.45, 2.75) is 19.4 Å². The van der Waals surface area contributed by atoms with Crippen LogP contribution >= 0.6 is 11.6 Å². The van der Waals surface area contributed by atoms with Crippen LogP contribution in [-0.2, 0) is 19.4 Å². The minimum atomic E-state index is 0.670. The lowest BCUT2D eigenvalue weighted by molar-refractivity contribution is 0.473. The summed E-state index contributed by atoms with van der Waals surface area (Å²) in [5, 5.41) is 9.11. The molecule has 5 heteroatoms. The first-order chi connectivity index (χ1) is 11.3. The van der Waals surface area contributed by atoms with E-state index in [1.165, 1.54) is 11.3 Å². The van der Waals surface area contributed by atoms with E-state index < -0.39 is 0 Å². The van der Waals surface area contributed by atoms with Gasteiger partial charge in [0.2, 0.25) is 0 Å². The third-order valence-corrected chi connectivity index (χ3v) is 4.51. The second-order valence-electron chi connectivity index (χ2n) is 5.77. The van der Waals surface area contributed by atoms with Crippen molar-refractivity contribution >= 4 is 11.6 Å². The number of halogens is 1. The van der Waals surface area contributed by atoms with Gasteiger partial charge in [0.25, 0.3) is 0 Å². The fourth-order valence-corrected chi connectivity index (χ4v) is 3.27. The molecule has 4 rings (SSSR count). The maximum Gasteiger partial charge on any atom is 0.125 e. The summed E-state index contributed by atoms with van der Waals surface area (Å²) in [6, 6.07) is 11.8. The molecule has 0 aliphatic carbocycles. The third-order valence-electron chi connectivity index (χ3n) is 4.26. The summed E-state index contributed by atoms with van der Waals surface area (Å²) in [6.45, 7) is 2.64. The van der Waals surface area contributed by atoms with Crippen LogP contribution in [0, 0.1) is 0 Å². The number of aromatic nitrogens is 2. The lowest BCUT2D eigenvalue weighted by Gasteiger charge is -2.05. The topological polar surface area (TPSA) is 43.0 Å². The number of furan rings is 1. The Morgan fingerprint density at radius 1 is 1.13 bits per heavy atom. The molecular weight excluding hydrogens is 310 g/mol. The molecule has 0 radical (unpaired) electrons. The molecule has 118 valence electrons. The van der Waals surface area contributed by atoms with E-state index in [2.05, 4.69) is 10.00 Å². The van der Waals surface area contributed by atoms with E-state index in [1.54, 1.807) is 6.26 Å². The predicted molar refractivity (Wildman–Crippen MR) is 90.8 cm³/mol. The van der Waals surface area contributed by atoms with E-state index >= 15 is 0 Å². The zero-order valence-electron chi connectivity index (χ0n) is 12.8. The summed E-state index contributed by atoms with van der Waals surface area (Å²) < 4.78 is 7.58. The number of hydrogen-bond acceptors (Lipinski definition) is 3. The average molecular weight is 328 g/mol. The highest BCUT2D eigenvalue weighted by Gasteiger charge is 2.21. The van der Waals surface area contributed by atoms with E-state index in [0.717, 1.165) is 48.0 Å². The predicted octanol–water partition coefficient (Wildman–Crippen LogP) is 3.53. The van der Waals surface area contributed by atoms with Gasteiger partial charge in [-0.25, -0.2) is 0 Å². The Morgan fingerprint density at radius 2 is 1.96 bits per heavy atom. The fraction of sp³-hybridized carbons (Fsp3) is 0.278. The van der Waals surface area contributed by atoms with Crippen molar-refractivity contribution in [1.29, 1.82) is 0 Å². The van der Waals surface area contributed by atoms with Gasteiger partial charge >= 0.3 is 0 Å². The molecule has 0 fully saturated rings. The fourth-order valence-electron chi connectivity index (χ4n) is 3.14. The van der Waals surface area contributed by atoms with E-state index in [1.807, 2.05) is 36.4 Å². The quantitative estimate of drug-likeness (QED) is 0.800. The van der Waals surface area contributed by atoms with Crippen molar-refractivity contribution < 1.29 is 4.42 Å². The highest BCUT2D eigenvalue weighted by atomic mass is 35.5. The van der Waals surface area contributed by atoms with Crippen LogP contribution in [0.15, 0.2) is 47.1 Å². The molecule has 3 heterocycles. The molecule has 2 aromatic heterocycles. The van der Waals surface area contributed by atoms with Crippen molar-refractivity contribution in [3.8, 4) is 11.3 Å². The molecule has 0 unspecified atom stereocenters. The first-order valence-corrected chi connectivity index (χ1v) is 8.26.